The second kappa shape index (κ2) is 10.1. The molecule has 2 N–H and O–H groups in total. The highest BCUT2D eigenvalue weighted by molar-refractivity contribution is 6.39. The van der Waals surface area contributed by atoms with E-state index in [1.807, 2.05) is 5.43 Å². The number of methoxy groups -OCH3 is 1. The van der Waals surface area contributed by atoms with Gasteiger partial charge < -0.3 is 14.8 Å². The molecule has 0 bridgehead atoms. The molecule has 0 saturated carbocycles. The summed E-state index contributed by atoms with van der Waals surface area (Å²) in [4.78, 5) is 23.6. The van der Waals surface area contributed by atoms with Gasteiger partial charge in [0.1, 0.15) is 6.61 Å². The number of rotatable bonds is 7. The van der Waals surface area contributed by atoms with Crippen LogP contribution in [0.15, 0.2) is 60.2 Å². The number of nitrogens with one attached hydrogen (secondary N) is 2. The van der Waals surface area contributed by atoms with Crippen LogP contribution in [0.1, 0.15) is 11.1 Å². The van der Waals surface area contributed by atoms with Gasteiger partial charge in [-0.05, 0) is 42.0 Å². The minimum absolute atomic E-state index is 0.172. The normalized spacial score (nSPS) is 11.1. The van der Waals surface area contributed by atoms with Crippen LogP contribution < -0.4 is 20.2 Å². The van der Waals surface area contributed by atoms with E-state index in [2.05, 4.69) is 17.0 Å². The molecular formula is C20H18F3N3O4. The van der Waals surface area contributed by atoms with Gasteiger partial charge in [0, 0.05) is 5.69 Å². The lowest BCUT2D eigenvalue weighted by Gasteiger charge is -2.10. The van der Waals surface area contributed by atoms with Gasteiger partial charge in [-0.3, -0.25) is 9.59 Å². The highest BCUT2D eigenvalue weighted by Crippen LogP contribution is 2.30. The summed E-state index contributed by atoms with van der Waals surface area (Å²) >= 11 is 0. The molecule has 0 fully saturated rings. The van der Waals surface area contributed by atoms with E-state index in [4.69, 9.17) is 9.47 Å². The molecule has 7 nitrogen and oxygen atoms in total. The zero-order valence-corrected chi connectivity index (χ0v) is 15.8. The molecule has 0 aliphatic heterocycles. The predicted molar refractivity (Wildman–Crippen MR) is 104 cm³/mol. The maximum Gasteiger partial charge on any atom is 0.416 e. The largest absolute Gasteiger partial charge is 0.493 e. The first-order chi connectivity index (χ1) is 14.2. The van der Waals surface area contributed by atoms with E-state index in [0.29, 0.717) is 23.7 Å². The van der Waals surface area contributed by atoms with Crippen molar-refractivity contribution >= 4 is 23.7 Å². The smallest absolute Gasteiger partial charge is 0.416 e. The van der Waals surface area contributed by atoms with Crippen LogP contribution in [0.2, 0.25) is 0 Å². The van der Waals surface area contributed by atoms with Crippen LogP contribution in [0.5, 0.6) is 11.5 Å². The lowest BCUT2D eigenvalue weighted by atomic mass is 10.2. The molecule has 2 aromatic carbocycles. The van der Waals surface area contributed by atoms with Crippen LogP contribution in [-0.2, 0) is 15.8 Å². The summed E-state index contributed by atoms with van der Waals surface area (Å²) in [6.45, 7) is 3.84. The number of nitrogens with zero attached hydrogens (tertiary/aromatic N) is 1. The third-order valence-corrected chi connectivity index (χ3v) is 3.58. The van der Waals surface area contributed by atoms with E-state index in [9.17, 15) is 22.8 Å². The molecule has 0 atom stereocenters. The molecular weight excluding hydrogens is 403 g/mol. The van der Waals surface area contributed by atoms with Crippen molar-refractivity contribution in [3.05, 3.63) is 66.2 Å². The Bertz CT molecular complexity index is 959. The van der Waals surface area contributed by atoms with Crippen molar-refractivity contribution < 1.29 is 32.2 Å². The molecule has 30 heavy (non-hydrogen) atoms. The average molecular weight is 421 g/mol. The van der Waals surface area contributed by atoms with Crippen LogP contribution in [0, 0.1) is 0 Å². The number of halogens is 3. The molecule has 0 saturated heterocycles. The fourth-order valence-corrected chi connectivity index (χ4v) is 2.21. The summed E-state index contributed by atoms with van der Waals surface area (Å²) in [7, 11) is 1.46. The van der Waals surface area contributed by atoms with Crippen LogP contribution in [0.3, 0.4) is 0 Å². The number of anilines is 1. The van der Waals surface area contributed by atoms with E-state index < -0.39 is 23.6 Å². The van der Waals surface area contributed by atoms with Crippen LogP contribution >= 0.6 is 0 Å². The minimum atomic E-state index is -4.57. The first-order valence-electron chi connectivity index (χ1n) is 8.48. The number of hydrogen-bond acceptors (Lipinski definition) is 5. The minimum Gasteiger partial charge on any atom is -0.493 e. The summed E-state index contributed by atoms with van der Waals surface area (Å²) in [6, 6.07) is 8.77. The van der Waals surface area contributed by atoms with Gasteiger partial charge in [-0.2, -0.15) is 18.3 Å². The van der Waals surface area contributed by atoms with Gasteiger partial charge in [0.25, 0.3) is 0 Å². The zero-order valence-electron chi connectivity index (χ0n) is 15.8. The summed E-state index contributed by atoms with van der Waals surface area (Å²) in [6.07, 6.45) is -1.73. The number of alkyl halides is 3. The Hall–Kier alpha value is -3.82. The van der Waals surface area contributed by atoms with Gasteiger partial charge in [-0.15, -0.1) is 0 Å². The fourth-order valence-electron chi connectivity index (χ4n) is 2.21. The van der Waals surface area contributed by atoms with E-state index >= 15 is 0 Å². The fraction of sp³-hybridized carbons (Fsp3) is 0.150. The Labute approximate surface area is 170 Å². The first kappa shape index (κ1) is 22.5. The first-order valence-corrected chi connectivity index (χ1v) is 8.48. The maximum atomic E-state index is 12.7. The van der Waals surface area contributed by atoms with Crippen LogP contribution in [0.25, 0.3) is 0 Å². The van der Waals surface area contributed by atoms with Crippen molar-refractivity contribution in [1.29, 1.82) is 0 Å². The lowest BCUT2D eigenvalue weighted by molar-refractivity contribution is -0.137. The summed E-state index contributed by atoms with van der Waals surface area (Å²) in [5.74, 6) is -1.41. The third-order valence-electron chi connectivity index (χ3n) is 3.58. The van der Waals surface area contributed by atoms with Gasteiger partial charge in [0.15, 0.2) is 11.5 Å². The SMILES string of the molecule is C=CCOc1ccc(C=NNC(=O)C(=O)Nc2cccc(C(F)(F)F)c2)cc1OC. The van der Waals surface area contributed by atoms with Gasteiger partial charge in [-0.25, -0.2) is 5.43 Å². The number of carbonyl (C=O) groups excluding carboxylic acids is 2. The molecule has 2 rings (SSSR count). The van der Waals surface area contributed by atoms with Crippen molar-refractivity contribution in [3.63, 3.8) is 0 Å². The van der Waals surface area contributed by atoms with Crippen molar-refractivity contribution in [2.45, 2.75) is 6.18 Å². The number of benzene rings is 2. The number of amides is 2. The highest BCUT2D eigenvalue weighted by atomic mass is 19.4. The molecule has 2 aromatic rings. The molecule has 0 aliphatic rings. The maximum absolute atomic E-state index is 12.7. The Morgan fingerprint density at radius 1 is 1.13 bits per heavy atom. The molecule has 0 unspecified atom stereocenters. The van der Waals surface area contributed by atoms with E-state index in [1.54, 1.807) is 24.3 Å². The predicted octanol–water partition coefficient (Wildman–Crippen LogP) is 3.37. The van der Waals surface area contributed by atoms with Crippen LogP contribution in [-0.4, -0.2) is 31.7 Å². The van der Waals surface area contributed by atoms with Gasteiger partial charge >= 0.3 is 18.0 Å². The Balaban J connectivity index is 1.97. The Morgan fingerprint density at radius 3 is 2.57 bits per heavy atom. The summed E-state index contributed by atoms with van der Waals surface area (Å²) in [5.41, 5.74) is 1.41. The zero-order chi connectivity index (χ0) is 22.1. The third kappa shape index (κ3) is 6.36. The molecule has 10 heteroatoms. The molecule has 0 aliphatic carbocycles. The quantitative estimate of drug-likeness (QED) is 0.311. The topological polar surface area (TPSA) is 89.0 Å². The second-order valence-corrected chi connectivity index (χ2v) is 5.74. The Kier molecular flexibility index (Phi) is 7.56. The van der Waals surface area contributed by atoms with E-state index in [-0.39, 0.29) is 5.69 Å². The van der Waals surface area contributed by atoms with Crippen molar-refractivity contribution in [2.75, 3.05) is 19.0 Å². The van der Waals surface area contributed by atoms with Crippen molar-refractivity contribution in [3.8, 4) is 11.5 Å². The number of ether oxygens (including phenoxy) is 2. The monoisotopic (exact) mass is 421 g/mol. The number of hydrazone groups is 1. The Morgan fingerprint density at radius 2 is 1.90 bits per heavy atom. The van der Waals surface area contributed by atoms with E-state index in [0.717, 1.165) is 18.2 Å². The van der Waals surface area contributed by atoms with Crippen LogP contribution in [0.4, 0.5) is 18.9 Å². The molecule has 0 aromatic heterocycles. The average Bonchev–Trinajstić information content (AvgIpc) is 2.72. The number of carbonyl (C=O) groups is 2. The van der Waals surface area contributed by atoms with Crippen molar-refractivity contribution in [1.82, 2.24) is 5.43 Å². The van der Waals surface area contributed by atoms with Gasteiger partial charge in [-0.1, -0.05) is 18.7 Å². The molecule has 0 spiro atoms. The number of hydrogen-bond donors (Lipinski definition) is 2. The highest BCUT2D eigenvalue weighted by Gasteiger charge is 2.30. The van der Waals surface area contributed by atoms with E-state index in [1.165, 1.54) is 19.4 Å². The molecule has 0 radical (unpaired) electrons. The molecule has 158 valence electrons. The summed E-state index contributed by atoms with van der Waals surface area (Å²) in [5, 5.41) is 5.73. The second-order valence-electron chi connectivity index (χ2n) is 5.74. The lowest BCUT2D eigenvalue weighted by Crippen LogP contribution is -2.32. The summed E-state index contributed by atoms with van der Waals surface area (Å²) < 4.78 is 48.7. The van der Waals surface area contributed by atoms with Gasteiger partial charge in [0.2, 0.25) is 0 Å². The standard InChI is InChI=1S/C20H18F3N3O4/c1-3-9-30-16-8-7-13(10-17(16)29-2)12-24-26-19(28)18(27)25-15-6-4-5-14(11-15)20(21,22)23/h3-8,10-12H,1,9H2,2H3,(H,25,27)(H,26,28). The van der Waals surface area contributed by atoms with Gasteiger partial charge in [0.05, 0.1) is 18.9 Å². The molecule has 2 amide bonds. The van der Waals surface area contributed by atoms with Crippen molar-refractivity contribution in [2.24, 2.45) is 5.10 Å². The molecule has 0 heterocycles.